The van der Waals surface area contributed by atoms with Gasteiger partial charge < -0.3 is 15.0 Å². The molecule has 3 aromatic heterocycles. The fourth-order valence-corrected chi connectivity index (χ4v) is 4.45. The van der Waals surface area contributed by atoms with E-state index in [0.29, 0.717) is 19.0 Å². The highest BCUT2D eigenvalue weighted by atomic mass is 32.1. The van der Waals surface area contributed by atoms with Crippen molar-refractivity contribution in [3.8, 4) is 5.88 Å². The number of nitrogens with zero attached hydrogens (tertiary/aromatic N) is 4. The number of pyridine rings is 1. The summed E-state index contributed by atoms with van der Waals surface area (Å²) in [5.74, 6) is 1.59. The third kappa shape index (κ3) is 3.64. The summed E-state index contributed by atoms with van der Waals surface area (Å²) in [5, 5.41) is 4.70. The van der Waals surface area contributed by atoms with Crippen molar-refractivity contribution in [3.05, 3.63) is 40.7 Å². The monoisotopic (exact) mass is 369 g/mol. The fraction of sp³-hybridized carbons (Fsp3) is 0.421. The van der Waals surface area contributed by atoms with E-state index in [1.165, 1.54) is 28.7 Å². The molecule has 0 amide bonds. The highest BCUT2D eigenvalue weighted by molar-refractivity contribution is 7.19. The molecule has 0 fully saturated rings. The van der Waals surface area contributed by atoms with E-state index in [0.717, 1.165) is 29.2 Å². The quantitative estimate of drug-likeness (QED) is 0.690. The van der Waals surface area contributed by atoms with Crippen molar-refractivity contribution >= 4 is 27.4 Å². The molecule has 1 aliphatic carbocycles. The predicted octanol–water partition coefficient (Wildman–Crippen LogP) is 3.13. The largest absolute Gasteiger partial charge is 0.476 e. The Morgan fingerprint density at radius 2 is 2.15 bits per heavy atom. The molecule has 0 bridgehead atoms. The van der Waals surface area contributed by atoms with Crippen molar-refractivity contribution in [1.29, 1.82) is 0 Å². The number of anilines is 1. The molecule has 3 aromatic rings. The summed E-state index contributed by atoms with van der Waals surface area (Å²) in [6.07, 6.45) is 6.99. The number of ether oxygens (including phenoxy) is 1. The number of aryl methyl sites for hydroxylation is 2. The summed E-state index contributed by atoms with van der Waals surface area (Å²) in [7, 11) is 4.06. The van der Waals surface area contributed by atoms with Gasteiger partial charge in [-0.2, -0.15) is 0 Å². The lowest BCUT2D eigenvalue weighted by Gasteiger charge is -2.11. The van der Waals surface area contributed by atoms with Crippen LogP contribution in [-0.2, 0) is 19.4 Å². The molecule has 0 saturated heterocycles. The molecule has 7 heteroatoms. The zero-order chi connectivity index (χ0) is 17.9. The Bertz CT molecular complexity index is 908. The first-order valence-corrected chi connectivity index (χ1v) is 9.74. The molecule has 0 spiro atoms. The SMILES string of the molecule is CN(C)CCOc1cc(CNc2ncnc3sc4c(c23)CCC4)ccn1. The first-order chi connectivity index (χ1) is 12.7. The Kier molecular flexibility index (Phi) is 4.99. The van der Waals surface area contributed by atoms with Crippen LogP contribution in [0.5, 0.6) is 5.88 Å². The average molecular weight is 369 g/mol. The van der Waals surface area contributed by atoms with Crippen LogP contribution in [0, 0.1) is 0 Å². The molecule has 136 valence electrons. The lowest BCUT2D eigenvalue weighted by atomic mass is 10.2. The predicted molar refractivity (Wildman–Crippen MR) is 105 cm³/mol. The molecule has 26 heavy (non-hydrogen) atoms. The number of hydrogen-bond acceptors (Lipinski definition) is 7. The molecule has 4 rings (SSSR count). The minimum atomic E-state index is 0.629. The first kappa shape index (κ1) is 17.2. The maximum atomic E-state index is 5.72. The maximum Gasteiger partial charge on any atom is 0.213 e. The van der Waals surface area contributed by atoms with Crippen molar-refractivity contribution in [2.45, 2.75) is 25.8 Å². The van der Waals surface area contributed by atoms with E-state index >= 15 is 0 Å². The van der Waals surface area contributed by atoms with Gasteiger partial charge in [0.25, 0.3) is 0 Å². The van der Waals surface area contributed by atoms with E-state index in [4.69, 9.17) is 4.74 Å². The van der Waals surface area contributed by atoms with Crippen LogP contribution in [-0.4, -0.2) is 47.1 Å². The molecule has 0 saturated carbocycles. The smallest absolute Gasteiger partial charge is 0.213 e. The van der Waals surface area contributed by atoms with Gasteiger partial charge in [-0.3, -0.25) is 0 Å². The average Bonchev–Trinajstić information content (AvgIpc) is 3.21. The van der Waals surface area contributed by atoms with Crippen molar-refractivity contribution in [2.24, 2.45) is 0 Å². The molecular weight excluding hydrogens is 346 g/mol. The highest BCUT2D eigenvalue weighted by Gasteiger charge is 2.21. The molecule has 0 aromatic carbocycles. The van der Waals surface area contributed by atoms with E-state index in [1.54, 1.807) is 12.5 Å². The number of aromatic nitrogens is 3. The van der Waals surface area contributed by atoms with E-state index in [-0.39, 0.29) is 0 Å². The number of likely N-dealkylation sites (N-methyl/N-ethyl adjacent to an activating group) is 1. The maximum absolute atomic E-state index is 5.72. The second-order valence-corrected chi connectivity index (χ2v) is 7.85. The fourth-order valence-electron chi connectivity index (χ4n) is 3.22. The van der Waals surface area contributed by atoms with Crippen LogP contribution >= 0.6 is 11.3 Å². The van der Waals surface area contributed by atoms with Crippen LogP contribution in [0.3, 0.4) is 0 Å². The van der Waals surface area contributed by atoms with E-state index in [9.17, 15) is 0 Å². The van der Waals surface area contributed by atoms with Gasteiger partial charge in [-0.05, 0) is 50.6 Å². The Hall–Kier alpha value is -2.25. The van der Waals surface area contributed by atoms with Crippen LogP contribution in [0.4, 0.5) is 5.82 Å². The van der Waals surface area contributed by atoms with Gasteiger partial charge in [0.2, 0.25) is 5.88 Å². The number of nitrogens with one attached hydrogen (secondary N) is 1. The van der Waals surface area contributed by atoms with Crippen LogP contribution in [0.25, 0.3) is 10.2 Å². The van der Waals surface area contributed by atoms with Crippen LogP contribution in [0.1, 0.15) is 22.4 Å². The Balaban J connectivity index is 1.47. The molecule has 1 N–H and O–H groups in total. The van der Waals surface area contributed by atoms with Crippen molar-refractivity contribution < 1.29 is 4.74 Å². The van der Waals surface area contributed by atoms with E-state index in [2.05, 4.69) is 25.2 Å². The van der Waals surface area contributed by atoms with Crippen LogP contribution in [0.2, 0.25) is 0 Å². The van der Waals surface area contributed by atoms with Gasteiger partial charge in [0.05, 0.1) is 5.39 Å². The van der Waals surface area contributed by atoms with Gasteiger partial charge in [0.15, 0.2) is 0 Å². The third-order valence-electron chi connectivity index (χ3n) is 4.55. The third-order valence-corrected chi connectivity index (χ3v) is 5.75. The topological polar surface area (TPSA) is 63.2 Å². The molecule has 0 aliphatic heterocycles. The standard InChI is InChI=1S/C19H23N5OS/c1-24(2)8-9-25-16-10-13(6-7-20-16)11-21-18-17-14-4-3-5-15(14)26-19(17)23-12-22-18/h6-7,10,12H,3-5,8-9,11H2,1-2H3,(H,21,22,23). The number of thiophene rings is 1. The van der Waals surface area contributed by atoms with Gasteiger partial charge in [0, 0.05) is 30.2 Å². The number of hydrogen-bond donors (Lipinski definition) is 1. The minimum absolute atomic E-state index is 0.629. The van der Waals surface area contributed by atoms with Gasteiger partial charge in [0.1, 0.15) is 23.6 Å². The van der Waals surface area contributed by atoms with E-state index in [1.807, 2.05) is 37.6 Å². The second-order valence-electron chi connectivity index (χ2n) is 6.77. The summed E-state index contributed by atoms with van der Waals surface area (Å²) in [5.41, 5.74) is 2.56. The van der Waals surface area contributed by atoms with Gasteiger partial charge in [-0.25, -0.2) is 15.0 Å². The molecule has 6 nitrogen and oxygen atoms in total. The minimum Gasteiger partial charge on any atom is -0.476 e. The van der Waals surface area contributed by atoms with Crippen molar-refractivity contribution in [1.82, 2.24) is 19.9 Å². The molecule has 0 unspecified atom stereocenters. The van der Waals surface area contributed by atoms with Gasteiger partial charge in [-0.1, -0.05) is 0 Å². The zero-order valence-corrected chi connectivity index (χ0v) is 16.0. The highest BCUT2D eigenvalue weighted by Crippen LogP contribution is 2.39. The first-order valence-electron chi connectivity index (χ1n) is 8.92. The van der Waals surface area contributed by atoms with Crippen LogP contribution < -0.4 is 10.1 Å². The molecule has 0 radical (unpaired) electrons. The lowest BCUT2D eigenvalue weighted by Crippen LogP contribution is -2.19. The molecule has 1 aliphatic rings. The number of rotatable bonds is 7. The Morgan fingerprint density at radius 1 is 1.23 bits per heavy atom. The van der Waals surface area contributed by atoms with Crippen molar-refractivity contribution in [2.75, 3.05) is 32.6 Å². The normalized spacial score (nSPS) is 13.3. The summed E-state index contributed by atoms with van der Waals surface area (Å²) in [6, 6.07) is 3.99. The lowest BCUT2D eigenvalue weighted by molar-refractivity contribution is 0.253. The number of fused-ring (bicyclic) bond motifs is 3. The van der Waals surface area contributed by atoms with Gasteiger partial charge in [-0.15, -0.1) is 11.3 Å². The molecule has 3 heterocycles. The van der Waals surface area contributed by atoms with E-state index < -0.39 is 0 Å². The van der Waals surface area contributed by atoms with Crippen LogP contribution in [0.15, 0.2) is 24.7 Å². The molecular formula is C19H23N5OS. The molecule has 0 atom stereocenters. The van der Waals surface area contributed by atoms with Gasteiger partial charge >= 0.3 is 0 Å². The second kappa shape index (κ2) is 7.55. The van der Waals surface area contributed by atoms with Crippen molar-refractivity contribution in [3.63, 3.8) is 0 Å². The zero-order valence-electron chi connectivity index (χ0n) is 15.2. The Labute approximate surface area is 157 Å². The summed E-state index contributed by atoms with van der Waals surface area (Å²) in [4.78, 5) is 17.9. The summed E-state index contributed by atoms with van der Waals surface area (Å²) in [6.45, 7) is 2.18. The Morgan fingerprint density at radius 3 is 3.04 bits per heavy atom. The summed E-state index contributed by atoms with van der Waals surface area (Å²) >= 11 is 1.81. The summed E-state index contributed by atoms with van der Waals surface area (Å²) < 4.78 is 5.72.